The number of halogens is 5. The largest absolute Gasteiger partial charge is 0.491 e. The van der Waals surface area contributed by atoms with Crippen molar-refractivity contribution in [1.29, 1.82) is 0 Å². The van der Waals surface area contributed by atoms with Crippen LogP contribution in [-0.2, 0) is 4.79 Å². The van der Waals surface area contributed by atoms with Gasteiger partial charge in [0.2, 0.25) is 11.7 Å². The van der Waals surface area contributed by atoms with Crippen LogP contribution in [0.3, 0.4) is 0 Å². The van der Waals surface area contributed by atoms with Gasteiger partial charge in [-0.1, -0.05) is 0 Å². The molecule has 1 aliphatic rings. The molecule has 1 fully saturated rings. The van der Waals surface area contributed by atoms with Crippen LogP contribution < -0.4 is 20.1 Å². The van der Waals surface area contributed by atoms with Crippen LogP contribution in [0.15, 0.2) is 35.5 Å². The Morgan fingerprint density at radius 1 is 1.32 bits per heavy atom. The number of nitrogens with zero attached hydrogens (tertiary/aromatic N) is 2. The maximum Gasteiger partial charge on any atom is 0.386 e. The highest BCUT2D eigenvalue weighted by Gasteiger charge is 2.33. The van der Waals surface area contributed by atoms with E-state index in [1.165, 1.54) is 13.2 Å². The van der Waals surface area contributed by atoms with Gasteiger partial charge in [-0.3, -0.25) is 9.93 Å². The van der Waals surface area contributed by atoms with Crippen molar-refractivity contribution >= 4 is 29.2 Å². The highest BCUT2D eigenvalue weighted by atomic mass is 32.2. The molecule has 2 aromatic rings. The molecule has 1 unspecified atom stereocenters. The van der Waals surface area contributed by atoms with E-state index in [0.717, 1.165) is 24.4 Å². The fourth-order valence-corrected chi connectivity index (χ4v) is 3.36. The molecule has 1 saturated heterocycles. The van der Waals surface area contributed by atoms with Gasteiger partial charge in [0, 0.05) is 25.4 Å². The van der Waals surface area contributed by atoms with Crippen LogP contribution in [0.5, 0.6) is 5.75 Å². The molecular weight excluding hydrogens is 443 g/mol. The number of amides is 1. The molecule has 12 heteroatoms. The molecule has 1 aromatic heterocycles. The Morgan fingerprint density at radius 3 is 2.61 bits per heavy atom. The number of nitrogens with one attached hydrogen (secondary N) is 1. The molecule has 0 spiro atoms. The van der Waals surface area contributed by atoms with Crippen molar-refractivity contribution < 1.29 is 31.5 Å². The average molecular weight is 464 g/mol. The zero-order chi connectivity index (χ0) is 23.2. The van der Waals surface area contributed by atoms with Crippen LogP contribution in [0.25, 0.3) is 0 Å². The summed E-state index contributed by atoms with van der Waals surface area (Å²) in [5.74, 6) is -2.49. The van der Waals surface area contributed by atoms with Gasteiger partial charge >= 0.3 is 6.18 Å². The molecule has 6 nitrogen and oxygen atoms in total. The normalized spacial score (nSPS) is 15.9. The number of rotatable bonds is 5. The standard InChI is InChI=1S/C17H18F2N4O2S.C2H3F3/c1-25-16-12(5-4-11(18)15(16)19)23-8-2-3-13(23)17(24)22-10-6-7-21-14(9-10)26-20;1-2(3,4)5/h4-7,9,13H,2-3,8,20H2,1H3,(H,21,22,24);1H3. The van der Waals surface area contributed by atoms with E-state index in [-0.39, 0.29) is 18.6 Å². The molecule has 0 saturated carbocycles. The summed E-state index contributed by atoms with van der Waals surface area (Å²) in [6, 6.07) is 5.28. The quantitative estimate of drug-likeness (QED) is 0.501. The number of anilines is 2. The summed E-state index contributed by atoms with van der Waals surface area (Å²) in [4.78, 5) is 18.5. The molecule has 0 bridgehead atoms. The van der Waals surface area contributed by atoms with Crippen molar-refractivity contribution in [3.63, 3.8) is 0 Å². The number of nitrogens with two attached hydrogens (primary N) is 1. The van der Waals surface area contributed by atoms with Gasteiger partial charge in [0.25, 0.3) is 0 Å². The number of alkyl halides is 3. The van der Waals surface area contributed by atoms with Crippen molar-refractivity contribution in [3.8, 4) is 5.75 Å². The minimum atomic E-state index is -4.00. The Bertz CT molecular complexity index is 907. The van der Waals surface area contributed by atoms with Crippen LogP contribution in [0, 0.1) is 11.6 Å². The topological polar surface area (TPSA) is 80.5 Å². The third kappa shape index (κ3) is 6.96. The Kier molecular flexibility index (Phi) is 8.45. The number of hydrogen-bond donors (Lipinski definition) is 2. The van der Waals surface area contributed by atoms with E-state index < -0.39 is 23.9 Å². The third-order valence-corrected chi connectivity index (χ3v) is 4.69. The van der Waals surface area contributed by atoms with E-state index in [2.05, 4.69) is 10.3 Å². The number of methoxy groups -OCH3 is 1. The molecule has 3 rings (SSSR count). The molecule has 170 valence electrons. The summed E-state index contributed by atoms with van der Waals surface area (Å²) in [7, 11) is 1.27. The van der Waals surface area contributed by atoms with Gasteiger partial charge in [-0.15, -0.1) is 0 Å². The van der Waals surface area contributed by atoms with Crippen molar-refractivity contribution in [3.05, 3.63) is 42.1 Å². The van der Waals surface area contributed by atoms with E-state index in [9.17, 15) is 26.7 Å². The molecule has 0 aliphatic carbocycles. The third-order valence-electron chi connectivity index (χ3n) is 4.22. The summed E-state index contributed by atoms with van der Waals surface area (Å²) >= 11 is 0.981. The second kappa shape index (κ2) is 10.6. The SMILES string of the molecule is CC(F)(F)F.COc1c(N2CCCC2C(=O)Nc2ccnc(SN)c2)ccc(F)c1F. The van der Waals surface area contributed by atoms with E-state index in [0.29, 0.717) is 29.4 Å². The Balaban J connectivity index is 0.000000614. The molecule has 1 atom stereocenters. The van der Waals surface area contributed by atoms with Crippen molar-refractivity contribution in [1.82, 2.24) is 4.98 Å². The summed E-state index contributed by atoms with van der Waals surface area (Å²) in [6.07, 6.45) is -1.10. The predicted octanol–water partition coefficient (Wildman–Crippen LogP) is 4.51. The first kappa shape index (κ1) is 24.7. The number of ether oxygens (including phenoxy) is 1. The van der Waals surface area contributed by atoms with Crippen LogP contribution >= 0.6 is 11.9 Å². The van der Waals surface area contributed by atoms with Crippen LogP contribution in [0.1, 0.15) is 19.8 Å². The van der Waals surface area contributed by atoms with Gasteiger partial charge in [-0.05, 0) is 49.1 Å². The molecule has 1 aromatic carbocycles. The lowest BCUT2D eigenvalue weighted by atomic mass is 10.1. The molecule has 31 heavy (non-hydrogen) atoms. The first-order valence-corrected chi connectivity index (χ1v) is 9.92. The lowest BCUT2D eigenvalue weighted by Crippen LogP contribution is -2.40. The minimum absolute atomic E-state index is 0.188. The lowest BCUT2D eigenvalue weighted by molar-refractivity contribution is -0.117. The monoisotopic (exact) mass is 464 g/mol. The first-order chi connectivity index (χ1) is 14.5. The maximum atomic E-state index is 14.0. The maximum absolute atomic E-state index is 14.0. The predicted molar refractivity (Wildman–Crippen MR) is 108 cm³/mol. The van der Waals surface area contributed by atoms with Crippen LogP contribution in [0.4, 0.5) is 33.3 Å². The molecule has 0 radical (unpaired) electrons. The van der Waals surface area contributed by atoms with E-state index in [1.807, 2.05) is 0 Å². The summed E-state index contributed by atoms with van der Waals surface area (Å²) in [6.45, 7) is 0.729. The molecular formula is C19H21F5N4O2S. The van der Waals surface area contributed by atoms with E-state index >= 15 is 0 Å². The van der Waals surface area contributed by atoms with E-state index in [4.69, 9.17) is 9.88 Å². The number of pyridine rings is 1. The first-order valence-electron chi connectivity index (χ1n) is 9.04. The van der Waals surface area contributed by atoms with Crippen molar-refractivity contribution in [2.45, 2.75) is 37.0 Å². The van der Waals surface area contributed by atoms with Gasteiger partial charge in [0.15, 0.2) is 11.6 Å². The van der Waals surface area contributed by atoms with Gasteiger partial charge in [-0.25, -0.2) is 9.37 Å². The molecule has 3 N–H and O–H groups in total. The highest BCUT2D eigenvalue weighted by Crippen LogP contribution is 2.37. The van der Waals surface area contributed by atoms with Gasteiger partial charge in [-0.2, -0.15) is 17.6 Å². The smallest absolute Gasteiger partial charge is 0.386 e. The number of hydrogen-bond acceptors (Lipinski definition) is 6. The Labute approximate surface area is 180 Å². The van der Waals surface area contributed by atoms with Crippen molar-refractivity contribution in [2.24, 2.45) is 5.14 Å². The number of aromatic nitrogens is 1. The highest BCUT2D eigenvalue weighted by molar-refractivity contribution is 7.97. The molecule has 1 aliphatic heterocycles. The van der Waals surface area contributed by atoms with Gasteiger partial charge < -0.3 is 15.0 Å². The molecule has 1 amide bonds. The zero-order valence-electron chi connectivity index (χ0n) is 16.7. The van der Waals surface area contributed by atoms with Gasteiger partial charge in [0.1, 0.15) is 11.1 Å². The second-order valence-corrected chi connectivity index (χ2v) is 7.19. The van der Waals surface area contributed by atoms with Crippen LogP contribution in [0.2, 0.25) is 0 Å². The second-order valence-electron chi connectivity index (χ2n) is 6.54. The minimum Gasteiger partial charge on any atom is -0.491 e. The molecule has 2 heterocycles. The number of carbonyl (C=O) groups excluding carboxylic acids is 1. The Morgan fingerprint density at radius 2 is 2.00 bits per heavy atom. The van der Waals surface area contributed by atoms with Gasteiger partial charge in [0.05, 0.1) is 12.8 Å². The fraction of sp³-hybridized carbons (Fsp3) is 0.368. The number of benzene rings is 1. The summed E-state index contributed by atoms with van der Waals surface area (Å²) < 4.78 is 63.6. The fourth-order valence-electron chi connectivity index (χ4n) is 3.05. The van der Waals surface area contributed by atoms with Crippen LogP contribution in [-0.4, -0.2) is 36.8 Å². The zero-order valence-corrected chi connectivity index (χ0v) is 17.5. The lowest BCUT2D eigenvalue weighted by Gasteiger charge is -2.27. The van der Waals surface area contributed by atoms with E-state index in [1.54, 1.807) is 23.2 Å². The number of carbonyl (C=O) groups is 1. The average Bonchev–Trinajstić information content (AvgIpc) is 3.18. The van der Waals surface area contributed by atoms with Crippen molar-refractivity contribution in [2.75, 3.05) is 23.9 Å². The summed E-state index contributed by atoms with van der Waals surface area (Å²) in [5.41, 5.74) is 0.930. The summed E-state index contributed by atoms with van der Waals surface area (Å²) in [5, 5.41) is 8.88. The Hall–Kier alpha value is -2.60.